The second-order valence-electron chi connectivity index (χ2n) is 9.84. The minimum atomic E-state index is -5.00. The summed E-state index contributed by atoms with van der Waals surface area (Å²) in [5.74, 6) is 0.0559. The van der Waals surface area contributed by atoms with Gasteiger partial charge in [-0.15, -0.1) is 0 Å². The van der Waals surface area contributed by atoms with Gasteiger partial charge in [-0.05, 0) is 85.8 Å². The van der Waals surface area contributed by atoms with Crippen molar-refractivity contribution in [2.45, 2.75) is 96.6 Å². The Morgan fingerprint density at radius 2 is 1.37 bits per heavy atom. The lowest BCUT2D eigenvalue weighted by Gasteiger charge is -2.38. The van der Waals surface area contributed by atoms with Crippen molar-refractivity contribution < 1.29 is 22.0 Å². The molecule has 0 nitrogen and oxygen atoms in total. The van der Waals surface area contributed by atoms with Gasteiger partial charge in [0.2, 0.25) is 0 Å². The molecule has 0 heterocycles. The second-order valence-corrected chi connectivity index (χ2v) is 9.84. The maximum Gasteiger partial charge on any atom is 0.422 e. The maximum absolute atomic E-state index is 13.9. The topological polar surface area (TPSA) is 0 Å². The van der Waals surface area contributed by atoms with Crippen molar-refractivity contribution in [1.82, 2.24) is 0 Å². The number of hydrogen-bond acceptors (Lipinski definition) is 0. The van der Waals surface area contributed by atoms with Crippen LogP contribution in [0, 0.1) is 35.3 Å². The van der Waals surface area contributed by atoms with Gasteiger partial charge in [-0.2, -0.15) is 13.2 Å². The molecular formula is C25H35F5. The predicted octanol–water partition coefficient (Wildman–Crippen LogP) is 8.89. The Labute approximate surface area is 177 Å². The van der Waals surface area contributed by atoms with Gasteiger partial charge in [-0.25, -0.2) is 8.78 Å². The van der Waals surface area contributed by atoms with Gasteiger partial charge >= 0.3 is 6.18 Å². The van der Waals surface area contributed by atoms with E-state index in [2.05, 4.69) is 13.8 Å². The third kappa shape index (κ3) is 5.76. The highest BCUT2D eigenvalue weighted by Crippen LogP contribution is 2.45. The van der Waals surface area contributed by atoms with Crippen LogP contribution in [0.2, 0.25) is 0 Å². The summed E-state index contributed by atoms with van der Waals surface area (Å²) in [5.41, 5.74) is -1.39. The lowest BCUT2D eigenvalue weighted by molar-refractivity contribution is -0.142. The molecule has 170 valence electrons. The first-order valence-electron chi connectivity index (χ1n) is 11.7. The zero-order valence-corrected chi connectivity index (χ0v) is 18.2. The summed E-state index contributed by atoms with van der Waals surface area (Å²) in [7, 11) is 0. The van der Waals surface area contributed by atoms with Crippen LogP contribution in [0.15, 0.2) is 12.1 Å². The van der Waals surface area contributed by atoms with E-state index in [1.807, 2.05) is 0 Å². The van der Waals surface area contributed by atoms with E-state index in [-0.39, 0.29) is 5.92 Å². The summed E-state index contributed by atoms with van der Waals surface area (Å²) in [5, 5.41) is 0. The quantitative estimate of drug-likeness (QED) is 0.395. The van der Waals surface area contributed by atoms with Crippen molar-refractivity contribution in [3.05, 3.63) is 34.9 Å². The van der Waals surface area contributed by atoms with Gasteiger partial charge in [-0.1, -0.05) is 46.0 Å². The molecule has 0 amide bonds. The molecule has 0 saturated heterocycles. The van der Waals surface area contributed by atoms with Gasteiger partial charge in [0.25, 0.3) is 0 Å². The Balaban J connectivity index is 1.50. The average molecular weight is 431 g/mol. The summed E-state index contributed by atoms with van der Waals surface area (Å²) in [6.07, 6.45) is 7.76. The van der Waals surface area contributed by atoms with Crippen LogP contribution in [0.25, 0.3) is 0 Å². The largest absolute Gasteiger partial charge is 0.422 e. The van der Waals surface area contributed by atoms with E-state index in [1.165, 1.54) is 44.9 Å². The van der Waals surface area contributed by atoms with Crippen LogP contribution in [-0.4, -0.2) is 0 Å². The van der Waals surface area contributed by atoms with Crippen LogP contribution in [-0.2, 0) is 6.18 Å². The van der Waals surface area contributed by atoms with Crippen LogP contribution in [0.5, 0.6) is 0 Å². The molecule has 2 aliphatic rings. The highest BCUT2D eigenvalue weighted by atomic mass is 19.4. The summed E-state index contributed by atoms with van der Waals surface area (Å²) in [4.78, 5) is 0. The van der Waals surface area contributed by atoms with Crippen LogP contribution in [0.1, 0.15) is 102 Å². The van der Waals surface area contributed by atoms with Gasteiger partial charge in [0, 0.05) is 0 Å². The SMILES string of the molecule is CCC(C)CCC1CCC(C2CCC(c3cc(F)c(C(F)(F)F)c(F)c3)CC2)CC1. The zero-order chi connectivity index (χ0) is 21.9. The monoisotopic (exact) mass is 430 g/mol. The van der Waals surface area contributed by atoms with E-state index in [0.29, 0.717) is 11.5 Å². The van der Waals surface area contributed by atoms with E-state index < -0.39 is 23.4 Å². The van der Waals surface area contributed by atoms with E-state index in [1.54, 1.807) is 0 Å². The van der Waals surface area contributed by atoms with Gasteiger partial charge < -0.3 is 0 Å². The number of halogens is 5. The molecule has 0 spiro atoms. The molecule has 0 radical (unpaired) electrons. The molecule has 2 aliphatic carbocycles. The molecule has 0 aliphatic heterocycles. The molecule has 0 aromatic heterocycles. The summed E-state index contributed by atoms with van der Waals surface area (Å²) >= 11 is 0. The fourth-order valence-electron chi connectivity index (χ4n) is 5.70. The van der Waals surface area contributed by atoms with Crippen molar-refractivity contribution >= 4 is 0 Å². The summed E-state index contributed by atoms with van der Waals surface area (Å²) < 4.78 is 66.3. The van der Waals surface area contributed by atoms with Crippen molar-refractivity contribution in [3.63, 3.8) is 0 Å². The third-order valence-electron chi connectivity index (χ3n) is 7.91. The molecule has 1 atom stereocenters. The number of benzene rings is 1. The normalized spacial score (nSPS) is 29.0. The first-order chi connectivity index (χ1) is 14.2. The molecule has 3 rings (SSSR count). The van der Waals surface area contributed by atoms with Gasteiger partial charge in [-0.3, -0.25) is 0 Å². The van der Waals surface area contributed by atoms with E-state index in [4.69, 9.17) is 0 Å². The third-order valence-corrected chi connectivity index (χ3v) is 7.91. The minimum absolute atomic E-state index is 0.0422. The Bertz CT molecular complexity index is 656. The van der Waals surface area contributed by atoms with E-state index in [0.717, 1.165) is 55.6 Å². The first-order valence-corrected chi connectivity index (χ1v) is 11.7. The van der Waals surface area contributed by atoms with Crippen LogP contribution < -0.4 is 0 Å². The molecular weight excluding hydrogens is 395 g/mol. The van der Waals surface area contributed by atoms with Crippen LogP contribution in [0.3, 0.4) is 0 Å². The van der Waals surface area contributed by atoms with Crippen LogP contribution >= 0.6 is 0 Å². The maximum atomic E-state index is 13.9. The van der Waals surface area contributed by atoms with E-state index in [9.17, 15) is 22.0 Å². The molecule has 5 heteroatoms. The van der Waals surface area contributed by atoms with Crippen molar-refractivity contribution in [2.24, 2.45) is 23.7 Å². The molecule has 30 heavy (non-hydrogen) atoms. The number of alkyl halides is 3. The predicted molar refractivity (Wildman–Crippen MR) is 110 cm³/mol. The minimum Gasteiger partial charge on any atom is -0.206 e. The van der Waals surface area contributed by atoms with Crippen molar-refractivity contribution in [2.75, 3.05) is 0 Å². The molecule has 1 aromatic rings. The molecule has 0 N–H and O–H groups in total. The fraction of sp³-hybridized carbons (Fsp3) is 0.760. The fourth-order valence-corrected chi connectivity index (χ4v) is 5.70. The highest BCUT2D eigenvalue weighted by Gasteiger charge is 2.39. The molecule has 0 bridgehead atoms. The number of rotatable bonds is 6. The average Bonchev–Trinajstić information content (AvgIpc) is 2.71. The highest BCUT2D eigenvalue weighted by molar-refractivity contribution is 5.30. The zero-order valence-electron chi connectivity index (χ0n) is 18.2. The van der Waals surface area contributed by atoms with Gasteiger partial charge in [0.15, 0.2) is 0 Å². The standard InChI is InChI=1S/C25H35F5/c1-3-16(2)4-5-17-6-8-18(9-7-17)19-10-12-20(13-11-19)21-14-22(26)24(23(27)15-21)25(28,29)30/h14-20H,3-13H2,1-2H3. The van der Waals surface area contributed by atoms with Crippen molar-refractivity contribution in [3.8, 4) is 0 Å². The van der Waals surface area contributed by atoms with E-state index >= 15 is 0 Å². The lowest BCUT2D eigenvalue weighted by atomic mass is 9.68. The molecule has 2 fully saturated rings. The Morgan fingerprint density at radius 1 is 0.867 bits per heavy atom. The smallest absolute Gasteiger partial charge is 0.206 e. The molecule has 1 aromatic carbocycles. The van der Waals surface area contributed by atoms with Gasteiger partial charge in [0.1, 0.15) is 17.2 Å². The van der Waals surface area contributed by atoms with Crippen LogP contribution in [0.4, 0.5) is 22.0 Å². The van der Waals surface area contributed by atoms with Gasteiger partial charge in [0.05, 0.1) is 0 Å². The first kappa shape index (κ1) is 23.5. The Hall–Kier alpha value is -1.13. The lowest BCUT2D eigenvalue weighted by Crippen LogP contribution is -2.25. The molecule has 1 unspecified atom stereocenters. The molecule has 2 saturated carbocycles. The second kappa shape index (κ2) is 9.99. The summed E-state index contributed by atoms with van der Waals surface area (Å²) in [6, 6.07) is 1.80. The Kier molecular flexibility index (Phi) is 7.84. The number of hydrogen-bond donors (Lipinski definition) is 0. The summed E-state index contributed by atoms with van der Waals surface area (Å²) in [6.45, 7) is 4.59. The van der Waals surface area contributed by atoms with Crippen molar-refractivity contribution in [1.29, 1.82) is 0 Å². The Morgan fingerprint density at radius 3 is 1.83 bits per heavy atom.